The molecule has 76 valence electrons. The summed E-state index contributed by atoms with van der Waals surface area (Å²) in [5.74, 6) is 0.610. The maximum atomic E-state index is 5.25. The molecule has 0 spiro atoms. The number of nitrogens with one attached hydrogen (secondary N) is 1. The molecule has 0 aromatic carbocycles. The van der Waals surface area contributed by atoms with E-state index in [1.165, 1.54) is 0 Å². The quantitative estimate of drug-likeness (QED) is 0.811. The number of rotatable bonds is 2. The molecule has 0 bridgehead atoms. The molecule has 0 amide bonds. The van der Waals surface area contributed by atoms with Gasteiger partial charge in [0.2, 0.25) is 12.1 Å². The van der Waals surface area contributed by atoms with Gasteiger partial charge in [0, 0.05) is 5.56 Å². The minimum absolute atomic E-state index is 0.134. The zero-order chi connectivity index (χ0) is 9.80. The molecule has 1 aromatic rings. The van der Waals surface area contributed by atoms with Crippen LogP contribution in [0, 0.1) is 0 Å². The molecule has 1 aliphatic heterocycles. The molecular weight excluding hydrogens is 200 g/mol. The van der Waals surface area contributed by atoms with E-state index in [4.69, 9.17) is 9.57 Å². The fourth-order valence-corrected chi connectivity index (χ4v) is 1.88. The zero-order valence-electron chi connectivity index (χ0n) is 7.90. The van der Waals surface area contributed by atoms with Crippen LogP contribution in [0.2, 0.25) is 0 Å². The fourth-order valence-electron chi connectivity index (χ4n) is 1.21. The Morgan fingerprint density at radius 2 is 2.71 bits per heavy atom. The zero-order valence-corrected chi connectivity index (χ0v) is 8.71. The third-order valence-electron chi connectivity index (χ3n) is 1.86. The van der Waals surface area contributed by atoms with E-state index in [-0.39, 0.29) is 6.23 Å². The summed E-state index contributed by atoms with van der Waals surface area (Å²) in [5.41, 5.74) is 1.11. The highest BCUT2D eigenvalue weighted by atomic mass is 32.1. The maximum absolute atomic E-state index is 5.25. The van der Waals surface area contributed by atoms with Gasteiger partial charge in [-0.2, -0.15) is 11.3 Å². The van der Waals surface area contributed by atoms with Gasteiger partial charge >= 0.3 is 0 Å². The predicted octanol–water partition coefficient (Wildman–Crippen LogP) is 1.72. The second kappa shape index (κ2) is 4.43. The van der Waals surface area contributed by atoms with Crippen molar-refractivity contribution >= 4 is 17.2 Å². The Morgan fingerprint density at radius 3 is 3.29 bits per heavy atom. The Balaban J connectivity index is 1.96. The summed E-state index contributed by atoms with van der Waals surface area (Å²) in [7, 11) is 0. The molecule has 0 radical (unpaired) electrons. The Kier molecular flexibility index (Phi) is 3.00. The van der Waals surface area contributed by atoms with Crippen LogP contribution in [0.5, 0.6) is 0 Å². The van der Waals surface area contributed by atoms with Crippen LogP contribution >= 0.6 is 11.3 Å². The summed E-state index contributed by atoms with van der Waals surface area (Å²) >= 11 is 1.64. The first-order valence-electron chi connectivity index (χ1n) is 4.51. The first-order chi connectivity index (χ1) is 6.90. The Morgan fingerprint density at radius 1 is 1.79 bits per heavy atom. The van der Waals surface area contributed by atoms with Gasteiger partial charge in [0.05, 0.1) is 13.2 Å². The molecule has 2 rings (SSSR count). The number of ether oxygens (including phenoxy) is 1. The number of oxime groups is 1. The molecule has 0 saturated carbocycles. The molecular formula is C9H12N2O2S. The van der Waals surface area contributed by atoms with Crippen LogP contribution in [0.4, 0.5) is 0 Å². The van der Waals surface area contributed by atoms with Crippen molar-refractivity contribution in [1.82, 2.24) is 5.32 Å². The lowest BCUT2D eigenvalue weighted by Crippen LogP contribution is -2.34. The predicted molar refractivity (Wildman–Crippen MR) is 55.2 cm³/mol. The molecule has 1 atom stereocenters. The summed E-state index contributed by atoms with van der Waals surface area (Å²) in [6.07, 6.45) is -0.134. The molecule has 4 nitrogen and oxygen atoms in total. The van der Waals surface area contributed by atoms with Crippen molar-refractivity contribution in [3.63, 3.8) is 0 Å². The molecule has 1 aliphatic rings. The van der Waals surface area contributed by atoms with E-state index < -0.39 is 0 Å². The van der Waals surface area contributed by atoms with E-state index in [0.717, 1.165) is 5.56 Å². The van der Waals surface area contributed by atoms with E-state index >= 15 is 0 Å². The number of thiophene rings is 1. The second-order valence-electron chi connectivity index (χ2n) is 2.84. The average molecular weight is 212 g/mol. The highest BCUT2D eigenvalue weighted by Crippen LogP contribution is 2.19. The third-order valence-corrected chi connectivity index (χ3v) is 2.56. The van der Waals surface area contributed by atoms with Crippen LogP contribution in [0.25, 0.3) is 0 Å². The maximum Gasteiger partial charge on any atom is 0.239 e. The summed E-state index contributed by atoms with van der Waals surface area (Å²) in [6, 6.07) is 2.02. The lowest BCUT2D eigenvalue weighted by molar-refractivity contribution is 0.0157. The van der Waals surface area contributed by atoms with Gasteiger partial charge in [0.1, 0.15) is 0 Å². The minimum Gasteiger partial charge on any atom is -0.478 e. The van der Waals surface area contributed by atoms with Crippen molar-refractivity contribution in [2.45, 2.75) is 13.2 Å². The molecule has 1 N–H and O–H groups in total. The summed E-state index contributed by atoms with van der Waals surface area (Å²) in [6.45, 7) is 3.16. The van der Waals surface area contributed by atoms with Crippen molar-refractivity contribution in [3.8, 4) is 0 Å². The number of hydrogen-bond donors (Lipinski definition) is 1. The van der Waals surface area contributed by atoms with Gasteiger partial charge in [-0.3, -0.25) is 5.32 Å². The molecule has 0 fully saturated rings. The van der Waals surface area contributed by atoms with Gasteiger partial charge in [0.15, 0.2) is 0 Å². The van der Waals surface area contributed by atoms with Crippen LogP contribution < -0.4 is 5.32 Å². The SMILES string of the molecule is CCOC1=NOC(c2ccsc2)NC1. The molecule has 0 saturated heterocycles. The van der Waals surface area contributed by atoms with Gasteiger partial charge in [-0.15, -0.1) is 0 Å². The molecule has 2 heterocycles. The van der Waals surface area contributed by atoms with Crippen molar-refractivity contribution in [3.05, 3.63) is 22.4 Å². The van der Waals surface area contributed by atoms with E-state index in [0.29, 0.717) is 19.0 Å². The summed E-state index contributed by atoms with van der Waals surface area (Å²) in [5, 5.41) is 11.1. The number of hydrogen-bond acceptors (Lipinski definition) is 5. The smallest absolute Gasteiger partial charge is 0.239 e. The minimum atomic E-state index is -0.134. The highest BCUT2D eigenvalue weighted by Gasteiger charge is 2.18. The van der Waals surface area contributed by atoms with Gasteiger partial charge in [0.25, 0.3) is 0 Å². The van der Waals surface area contributed by atoms with Crippen LogP contribution in [-0.4, -0.2) is 19.0 Å². The van der Waals surface area contributed by atoms with E-state index in [1.807, 2.05) is 23.8 Å². The van der Waals surface area contributed by atoms with Crippen molar-refractivity contribution in [2.24, 2.45) is 5.16 Å². The van der Waals surface area contributed by atoms with Crippen molar-refractivity contribution in [1.29, 1.82) is 0 Å². The standard InChI is InChI=1S/C9H12N2O2S/c1-2-12-8-5-10-9(13-11-8)7-3-4-14-6-7/h3-4,6,9-10H,2,5H2,1H3. The average Bonchev–Trinajstić information content (AvgIpc) is 2.72. The first kappa shape index (κ1) is 9.48. The lowest BCUT2D eigenvalue weighted by atomic mass is 10.3. The Hall–Kier alpha value is -1.07. The molecule has 1 aromatic heterocycles. The normalized spacial score (nSPS) is 21.2. The van der Waals surface area contributed by atoms with E-state index in [9.17, 15) is 0 Å². The molecule has 0 aliphatic carbocycles. The summed E-state index contributed by atoms with van der Waals surface area (Å²) in [4.78, 5) is 5.25. The van der Waals surface area contributed by atoms with E-state index in [1.54, 1.807) is 11.3 Å². The van der Waals surface area contributed by atoms with Crippen LogP contribution in [0.15, 0.2) is 22.0 Å². The Labute approximate surface area is 86.5 Å². The van der Waals surface area contributed by atoms with Crippen molar-refractivity contribution in [2.75, 3.05) is 13.2 Å². The fraction of sp³-hybridized carbons (Fsp3) is 0.444. The monoisotopic (exact) mass is 212 g/mol. The third kappa shape index (κ3) is 2.05. The highest BCUT2D eigenvalue weighted by molar-refractivity contribution is 7.07. The van der Waals surface area contributed by atoms with Gasteiger partial charge in [-0.1, -0.05) is 0 Å². The second-order valence-corrected chi connectivity index (χ2v) is 3.62. The van der Waals surface area contributed by atoms with E-state index in [2.05, 4.69) is 10.5 Å². The Bertz CT molecular complexity index is 311. The van der Waals surface area contributed by atoms with Gasteiger partial charge < -0.3 is 9.57 Å². The van der Waals surface area contributed by atoms with Gasteiger partial charge in [-0.25, -0.2) is 0 Å². The molecule has 1 unspecified atom stereocenters. The number of nitrogens with zero attached hydrogens (tertiary/aromatic N) is 1. The van der Waals surface area contributed by atoms with Crippen LogP contribution in [-0.2, 0) is 9.57 Å². The molecule has 5 heteroatoms. The lowest BCUT2D eigenvalue weighted by Gasteiger charge is -2.21. The topological polar surface area (TPSA) is 42.9 Å². The van der Waals surface area contributed by atoms with Crippen LogP contribution in [0.3, 0.4) is 0 Å². The molecule has 14 heavy (non-hydrogen) atoms. The van der Waals surface area contributed by atoms with Crippen molar-refractivity contribution < 1.29 is 9.57 Å². The first-order valence-corrected chi connectivity index (χ1v) is 5.45. The largest absolute Gasteiger partial charge is 0.478 e. The van der Waals surface area contributed by atoms with Crippen LogP contribution in [0.1, 0.15) is 18.7 Å². The van der Waals surface area contributed by atoms with Gasteiger partial charge in [-0.05, 0) is 28.9 Å². The summed E-state index contributed by atoms with van der Waals surface area (Å²) < 4.78 is 5.21.